The van der Waals surface area contributed by atoms with Gasteiger partial charge in [0.05, 0.1) is 5.69 Å². The van der Waals surface area contributed by atoms with E-state index in [4.69, 9.17) is 9.97 Å². The summed E-state index contributed by atoms with van der Waals surface area (Å²) in [6.07, 6.45) is 0. The van der Waals surface area contributed by atoms with E-state index >= 15 is 0 Å². The molecule has 0 aliphatic carbocycles. The van der Waals surface area contributed by atoms with Crippen LogP contribution < -0.4 is 5.43 Å². The van der Waals surface area contributed by atoms with E-state index in [9.17, 15) is 0 Å². The topological polar surface area (TPSA) is 42.7 Å². The molecular weight excluding hydrogens is 332 g/mol. The number of rotatable bonds is 3. The highest BCUT2D eigenvalue weighted by molar-refractivity contribution is 5.82. The van der Waals surface area contributed by atoms with E-state index in [1.54, 1.807) is 0 Å². The van der Waals surface area contributed by atoms with Crippen molar-refractivity contribution in [2.24, 2.45) is 0 Å². The lowest BCUT2D eigenvalue weighted by atomic mass is 10.1. The van der Waals surface area contributed by atoms with E-state index in [-0.39, 0.29) is 0 Å². The molecule has 4 aromatic rings. The number of anilines is 1. The van der Waals surface area contributed by atoms with Gasteiger partial charge in [-0.05, 0) is 62.9 Å². The average Bonchev–Trinajstić information content (AvgIpc) is 2.97. The van der Waals surface area contributed by atoms with Crippen molar-refractivity contribution in [2.75, 3.05) is 5.43 Å². The zero-order chi connectivity index (χ0) is 19.1. The number of nitrogens with zero attached hydrogens (tertiary/aromatic N) is 3. The fraction of sp³-hybridized carbons (Fsp3) is 0.217. The number of hydrogen-bond donors (Lipinski definition) is 1. The maximum absolute atomic E-state index is 4.98. The van der Waals surface area contributed by atoms with Gasteiger partial charge >= 0.3 is 0 Å². The molecule has 2 heterocycles. The van der Waals surface area contributed by atoms with Crippen LogP contribution in [-0.2, 0) is 0 Å². The molecule has 0 saturated heterocycles. The van der Waals surface area contributed by atoms with Gasteiger partial charge in [-0.2, -0.15) is 0 Å². The lowest BCUT2D eigenvalue weighted by Crippen LogP contribution is -2.14. The first-order valence-electron chi connectivity index (χ1n) is 9.21. The molecule has 0 spiro atoms. The molecule has 0 aliphatic heterocycles. The summed E-state index contributed by atoms with van der Waals surface area (Å²) < 4.78 is 2.03. The number of hydrogen-bond acceptors (Lipinski definition) is 3. The number of nitrogens with one attached hydrogen (secondary N) is 1. The molecule has 0 saturated carbocycles. The number of benzene rings is 2. The zero-order valence-electron chi connectivity index (χ0n) is 16.5. The highest BCUT2D eigenvalue weighted by Gasteiger charge is 2.18. The predicted molar refractivity (Wildman–Crippen MR) is 112 cm³/mol. The van der Waals surface area contributed by atoms with E-state index in [0.29, 0.717) is 0 Å². The summed E-state index contributed by atoms with van der Waals surface area (Å²) in [7, 11) is 0. The Bertz CT molecular complexity index is 1130. The summed E-state index contributed by atoms with van der Waals surface area (Å²) in [5, 5.41) is 0. The van der Waals surface area contributed by atoms with Crippen molar-refractivity contribution in [3.8, 4) is 11.4 Å². The summed E-state index contributed by atoms with van der Waals surface area (Å²) in [5.74, 6) is 0.881. The molecule has 4 nitrogen and oxygen atoms in total. The van der Waals surface area contributed by atoms with Crippen molar-refractivity contribution < 1.29 is 0 Å². The van der Waals surface area contributed by atoms with E-state index in [1.807, 2.05) is 11.6 Å². The third kappa shape index (κ3) is 2.97. The first-order chi connectivity index (χ1) is 13.0. The number of imidazole rings is 1. The molecule has 1 N–H and O–H groups in total. The smallest absolute Gasteiger partial charge is 0.180 e. The highest BCUT2D eigenvalue weighted by atomic mass is 15.5. The molecule has 0 unspecified atom stereocenters. The van der Waals surface area contributed by atoms with Crippen molar-refractivity contribution in [1.29, 1.82) is 0 Å². The second-order valence-electron chi connectivity index (χ2n) is 7.22. The van der Waals surface area contributed by atoms with Gasteiger partial charge in [0.15, 0.2) is 11.5 Å². The number of para-hydroxylation sites is 1. The summed E-state index contributed by atoms with van der Waals surface area (Å²) in [4.78, 5) is 9.78. The van der Waals surface area contributed by atoms with E-state index in [1.165, 1.54) is 16.7 Å². The van der Waals surface area contributed by atoms with Crippen LogP contribution in [0.25, 0.3) is 22.6 Å². The Morgan fingerprint density at radius 1 is 0.741 bits per heavy atom. The first-order valence-corrected chi connectivity index (χ1v) is 9.21. The van der Waals surface area contributed by atoms with E-state index in [2.05, 4.69) is 81.7 Å². The van der Waals surface area contributed by atoms with Crippen LogP contribution in [0.3, 0.4) is 0 Å². The fourth-order valence-electron chi connectivity index (χ4n) is 3.57. The van der Waals surface area contributed by atoms with Crippen molar-refractivity contribution in [3.63, 3.8) is 0 Å². The predicted octanol–water partition coefficient (Wildman–Crippen LogP) is 5.52. The van der Waals surface area contributed by atoms with Gasteiger partial charge in [-0.1, -0.05) is 42.5 Å². The lowest BCUT2D eigenvalue weighted by Gasteiger charge is -2.17. The quantitative estimate of drug-likeness (QED) is 0.526. The van der Waals surface area contributed by atoms with Gasteiger partial charge in [-0.15, -0.1) is 0 Å². The minimum Gasteiger partial charge on any atom is -0.290 e. The SMILES string of the molecule is Cc1cc(C)c2nc(-c3ccccc3C)n(Nc3c(C)cccc3C)c2n1. The highest BCUT2D eigenvalue weighted by Crippen LogP contribution is 2.29. The van der Waals surface area contributed by atoms with Gasteiger partial charge < -0.3 is 0 Å². The molecule has 27 heavy (non-hydrogen) atoms. The average molecular weight is 356 g/mol. The molecule has 136 valence electrons. The molecule has 0 bridgehead atoms. The Balaban J connectivity index is 2.02. The van der Waals surface area contributed by atoms with Gasteiger partial charge in [0.25, 0.3) is 0 Å². The van der Waals surface area contributed by atoms with Gasteiger partial charge in [0.1, 0.15) is 5.52 Å². The van der Waals surface area contributed by atoms with Crippen LogP contribution in [0.15, 0.2) is 48.5 Å². The Morgan fingerprint density at radius 3 is 2.11 bits per heavy atom. The maximum Gasteiger partial charge on any atom is 0.180 e. The van der Waals surface area contributed by atoms with Gasteiger partial charge in [-0.3, -0.25) is 5.43 Å². The molecule has 2 aromatic heterocycles. The minimum absolute atomic E-state index is 0.855. The van der Waals surface area contributed by atoms with Crippen molar-refractivity contribution in [2.45, 2.75) is 34.6 Å². The van der Waals surface area contributed by atoms with Crippen LogP contribution >= 0.6 is 0 Å². The van der Waals surface area contributed by atoms with Crippen molar-refractivity contribution in [1.82, 2.24) is 14.6 Å². The second-order valence-corrected chi connectivity index (χ2v) is 7.22. The van der Waals surface area contributed by atoms with Crippen LogP contribution in [0.2, 0.25) is 0 Å². The van der Waals surface area contributed by atoms with E-state index in [0.717, 1.165) is 39.5 Å². The Kier molecular flexibility index (Phi) is 4.19. The molecule has 0 amide bonds. The Labute approximate surface area is 159 Å². The molecule has 4 rings (SSSR count). The number of aromatic nitrogens is 3. The standard InChI is InChI=1S/C23H24N4/c1-14-9-6-7-12-19(14)22-25-21-17(4)13-18(5)24-23(21)27(22)26-20-15(2)10-8-11-16(20)3/h6-13,26H,1-5H3. The molecule has 0 radical (unpaired) electrons. The summed E-state index contributed by atoms with van der Waals surface area (Å²) in [5.41, 5.74) is 13.3. The Hall–Kier alpha value is -3.14. The molecule has 2 aromatic carbocycles. The first kappa shape index (κ1) is 17.3. The monoisotopic (exact) mass is 356 g/mol. The molecular formula is C23H24N4. The molecule has 0 fully saturated rings. The summed E-state index contributed by atoms with van der Waals surface area (Å²) in [6.45, 7) is 10.5. The normalized spacial score (nSPS) is 11.1. The Morgan fingerprint density at radius 2 is 1.41 bits per heavy atom. The number of pyridine rings is 1. The van der Waals surface area contributed by atoms with Crippen LogP contribution in [0, 0.1) is 34.6 Å². The minimum atomic E-state index is 0.855. The van der Waals surface area contributed by atoms with Crippen LogP contribution in [0.5, 0.6) is 0 Å². The van der Waals surface area contributed by atoms with Crippen molar-refractivity contribution in [3.05, 3.63) is 76.5 Å². The van der Waals surface area contributed by atoms with Crippen LogP contribution in [-0.4, -0.2) is 14.6 Å². The largest absolute Gasteiger partial charge is 0.290 e. The third-order valence-electron chi connectivity index (χ3n) is 5.02. The second kappa shape index (κ2) is 6.54. The molecule has 0 atom stereocenters. The van der Waals surface area contributed by atoms with Gasteiger partial charge in [-0.25, -0.2) is 14.6 Å². The molecule has 4 heteroatoms. The maximum atomic E-state index is 4.98. The summed E-state index contributed by atoms with van der Waals surface area (Å²) in [6, 6.07) is 16.7. The molecule has 0 aliphatic rings. The van der Waals surface area contributed by atoms with Crippen LogP contribution in [0.4, 0.5) is 5.69 Å². The van der Waals surface area contributed by atoms with Gasteiger partial charge in [0, 0.05) is 11.3 Å². The van der Waals surface area contributed by atoms with Crippen molar-refractivity contribution >= 4 is 16.9 Å². The van der Waals surface area contributed by atoms with Crippen LogP contribution in [0.1, 0.15) is 27.9 Å². The lowest BCUT2D eigenvalue weighted by molar-refractivity contribution is 0.966. The fourth-order valence-corrected chi connectivity index (χ4v) is 3.57. The summed E-state index contributed by atoms with van der Waals surface area (Å²) >= 11 is 0. The third-order valence-corrected chi connectivity index (χ3v) is 5.02. The van der Waals surface area contributed by atoms with E-state index < -0.39 is 0 Å². The van der Waals surface area contributed by atoms with Gasteiger partial charge in [0.2, 0.25) is 0 Å². The zero-order valence-corrected chi connectivity index (χ0v) is 16.5. The number of aryl methyl sites for hydroxylation is 5. The number of fused-ring (bicyclic) bond motifs is 1.